The Hall–Kier alpha value is -2.06. The summed E-state index contributed by atoms with van der Waals surface area (Å²) in [6.45, 7) is 4.37. The van der Waals surface area contributed by atoms with Gasteiger partial charge in [-0.15, -0.1) is 6.58 Å². The molecule has 0 aliphatic heterocycles. The van der Waals surface area contributed by atoms with Gasteiger partial charge in [0.2, 0.25) is 5.91 Å². The van der Waals surface area contributed by atoms with Crippen LogP contribution in [0.3, 0.4) is 0 Å². The van der Waals surface area contributed by atoms with Gasteiger partial charge in [0.05, 0.1) is 12.5 Å². The van der Waals surface area contributed by atoms with Gasteiger partial charge in [0.25, 0.3) is 0 Å². The maximum atomic E-state index is 12.9. The number of carbonyl (C=O) groups excluding carboxylic acids is 1. The molecule has 1 atom stereocenters. The van der Waals surface area contributed by atoms with Gasteiger partial charge in [0.15, 0.2) is 0 Å². The number of hydrogen-bond acceptors (Lipinski definition) is 1. The Balaban J connectivity index is 1.83. The molecule has 0 radical (unpaired) electrons. The quantitative estimate of drug-likeness (QED) is 0.737. The maximum absolute atomic E-state index is 12.9. The fraction of sp³-hybridized carbons (Fsp3) is 0.250. The van der Waals surface area contributed by atoms with Crippen molar-refractivity contribution in [1.82, 2.24) is 4.90 Å². The van der Waals surface area contributed by atoms with Crippen LogP contribution in [0.15, 0.2) is 61.2 Å². The predicted octanol–water partition coefficient (Wildman–Crippen LogP) is 4.58. The molecule has 3 heteroatoms. The molecule has 0 bridgehead atoms. The van der Waals surface area contributed by atoms with Crippen molar-refractivity contribution >= 4 is 17.5 Å². The van der Waals surface area contributed by atoms with Gasteiger partial charge in [-0.25, -0.2) is 0 Å². The smallest absolute Gasteiger partial charge is 0.227 e. The Morgan fingerprint density at radius 2 is 1.96 bits per heavy atom. The van der Waals surface area contributed by atoms with Crippen molar-refractivity contribution in [3.63, 3.8) is 0 Å². The number of hydrogen-bond donors (Lipinski definition) is 0. The third-order valence-corrected chi connectivity index (χ3v) is 4.79. The van der Waals surface area contributed by atoms with Crippen LogP contribution in [0.1, 0.15) is 29.2 Å². The van der Waals surface area contributed by atoms with E-state index in [9.17, 15) is 4.79 Å². The molecule has 3 rings (SSSR count). The molecule has 2 nitrogen and oxygen atoms in total. The van der Waals surface area contributed by atoms with E-state index in [1.165, 1.54) is 11.1 Å². The maximum Gasteiger partial charge on any atom is 0.227 e. The van der Waals surface area contributed by atoms with Crippen molar-refractivity contribution in [2.75, 3.05) is 6.54 Å². The largest absolute Gasteiger partial charge is 0.332 e. The first-order chi connectivity index (χ1) is 11.2. The summed E-state index contributed by atoms with van der Waals surface area (Å²) in [5.41, 5.74) is 3.48. The van der Waals surface area contributed by atoms with Gasteiger partial charge in [-0.05, 0) is 35.6 Å². The highest BCUT2D eigenvalue weighted by molar-refractivity contribution is 6.31. The molecule has 0 N–H and O–H groups in total. The van der Waals surface area contributed by atoms with Crippen LogP contribution in [0.25, 0.3) is 0 Å². The van der Waals surface area contributed by atoms with Crippen LogP contribution >= 0.6 is 11.6 Å². The topological polar surface area (TPSA) is 20.3 Å². The normalized spacial score (nSPS) is 16.0. The lowest BCUT2D eigenvalue weighted by molar-refractivity contribution is -0.132. The molecule has 2 aromatic carbocycles. The highest BCUT2D eigenvalue weighted by atomic mass is 35.5. The van der Waals surface area contributed by atoms with E-state index < -0.39 is 0 Å². The van der Waals surface area contributed by atoms with Gasteiger partial charge in [-0.3, -0.25) is 4.79 Å². The van der Waals surface area contributed by atoms with Gasteiger partial charge in [0.1, 0.15) is 0 Å². The summed E-state index contributed by atoms with van der Waals surface area (Å²) in [5, 5.41) is 0.645. The lowest BCUT2D eigenvalue weighted by Crippen LogP contribution is -2.35. The minimum Gasteiger partial charge on any atom is -0.332 e. The number of benzene rings is 2. The average molecular weight is 326 g/mol. The van der Waals surface area contributed by atoms with Crippen LogP contribution in [-0.2, 0) is 17.6 Å². The Morgan fingerprint density at radius 1 is 1.22 bits per heavy atom. The number of aryl methyl sites for hydroxylation is 1. The SMILES string of the molecule is C=CCN(C(=O)Cc1ccccc1Cl)[C@@H]1CCc2ccccc21. The molecule has 0 heterocycles. The highest BCUT2D eigenvalue weighted by Gasteiger charge is 2.30. The van der Waals surface area contributed by atoms with Crippen LogP contribution in [-0.4, -0.2) is 17.4 Å². The molecule has 2 aromatic rings. The predicted molar refractivity (Wildman–Crippen MR) is 94.6 cm³/mol. The number of fused-ring (bicyclic) bond motifs is 1. The van der Waals surface area contributed by atoms with E-state index in [0.717, 1.165) is 18.4 Å². The summed E-state index contributed by atoms with van der Waals surface area (Å²) in [7, 11) is 0. The average Bonchev–Trinajstić information content (AvgIpc) is 2.98. The second-order valence-electron chi connectivity index (χ2n) is 5.86. The van der Waals surface area contributed by atoms with Gasteiger partial charge in [-0.1, -0.05) is 60.1 Å². The van der Waals surface area contributed by atoms with Crippen LogP contribution < -0.4 is 0 Å². The van der Waals surface area contributed by atoms with E-state index >= 15 is 0 Å². The van der Waals surface area contributed by atoms with E-state index in [4.69, 9.17) is 11.6 Å². The monoisotopic (exact) mass is 325 g/mol. The number of rotatable bonds is 5. The summed E-state index contributed by atoms with van der Waals surface area (Å²) >= 11 is 6.20. The van der Waals surface area contributed by atoms with E-state index in [0.29, 0.717) is 18.0 Å². The second-order valence-corrected chi connectivity index (χ2v) is 6.26. The van der Waals surface area contributed by atoms with Gasteiger partial charge in [0, 0.05) is 11.6 Å². The number of amides is 1. The summed E-state index contributed by atoms with van der Waals surface area (Å²) in [6, 6.07) is 16.1. The number of nitrogens with zero attached hydrogens (tertiary/aromatic N) is 1. The fourth-order valence-electron chi connectivity index (χ4n) is 3.31. The Labute approximate surface area is 142 Å². The van der Waals surface area contributed by atoms with Crippen molar-refractivity contribution in [2.24, 2.45) is 0 Å². The molecule has 0 saturated heterocycles. The number of halogens is 1. The van der Waals surface area contributed by atoms with E-state index in [1.54, 1.807) is 6.08 Å². The van der Waals surface area contributed by atoms with Crippen molar-refractivity contribution in [3.05, 3.63) is 82.9 Å². The zero-order valence-corrected chi connectivity index (χ0v) is 13.8. The molecule has 1 amide bonds. The Kier molecular flexibility index (Phi) is 4.82. The summed E-state index contributed by atoms with van der Waals surface area (Å²) in [5.74, 6) is 0.0969. The molecular formula is C20H20ClNO. The molecule has 0 fully saturated rings. The van der Waals surface area contributed by atoms with E-state index in [1.807, 2.05) is 35.2 Å². The third kappa shape index (κ3) is 3.32. The van der Waals surface area contributed by atoms with Gasteiger partial charge < -0.3 is 4.90 Å². The summed E-state index contributed by atoms with van der Waals surface area (Å²) in [6.07, 6.45) is 4.12. The molecule has 118 valence electrons. The van der Waals surface area contributed by atoms with Crippen molar-refractivity contribution in [3.8, 4) is 0 Å². The van der Waals surface area contributed by atoms with E-state index in [-0.39, 0.29) is 11.9 Å². The van der Waals surface area contributed by atoms with Crippen LogP contribution in [0.4, 0.5) is 0 Å². The molecule has 1 aliphatic carbocycles. The summed E-state index contributed by atoms with van der Waals surface area (Å²) in [4.78, 5) is 14.8. The minimum absolute atomic E-state index is 0.0969. The zero-order chi connectivity index (χ0) is 16.2. The Bertz CT molecular complexity index is 725. The highest BCUT2D eigenvalue weighted by Crippen LogP contribution is 2.36. The van der Waals surface area contributed by atoms with E-state index in [2.05, 4.69) is 24.8 Å². The molecule has 1 aliphatic rings. The zero-order valence-electron chi connectivity index (χ0n) is 13.0. The number of carbonyl (C=O) groups is 1. The van der Waals surface area contributed by atoms with Gasteiger partial charge in [-0.2, -0.15) is 0 Å². The second kappa shape index (κ2) is 7.01. The molecule has 23 heavy (non-hydrogen) atoms. The van der Waals surface area contributed by atoms with Crippen LogP contribution in [0.5, 0.6) is 0 Å². The van der Waals surface area contributed by atoms with Gasteiger partial charge >= 0.3 is 0 Å². The molecular weight excluding hydrogens is 306 g/mol. The summed E-state index contributed by atoms with van der Waals surface area (Å²) < 4.78 is 0. The van der Waals surface area contributed by atoms with Crippen molar-refractivity contribution in [2.45, 2.75) is 25.3 Å². The Morgan fingerprint density at radius 3 is 2.74 bits per heavy atom. The van der Waals surface area contributed by atoms with Crippen LogP contribution in [0.2, 0.25) is 5.02 Å². The van der Waals surface area contributed by atoms with Crippen molar-refractivity contribution < 1.29 is 4.79 Å². The third-order valence-electron chi connectivity index (χ3n) is 4.42. The molecule has 0 saturated carbocycles. The fourth-order valence-corrected chi connectivity index (χ4v) is 3.51. The minimum atomic E-state index is 0.0969. The molecule has 0 unspecified atom stereocenters. The van der Waals surface area contributed by atoms with Crippen molar-refractivity contribution in [1.29, 1.82) is 0 Å². The lowest BCUT2D eigenvalue weighted by Gasteiger charge is -2.29. The first kappa shape index (κ1) is 15.8. The lowest BCUT2D eigenvalue weighted by atomic mass is 10.1. The van der Waals surface area contributed by atoms with Crippen LogP contribution in [0, 0.1) is 0 Å². The molecule has 0 spiro atoms. The first-order valence-corrected chi connectivity index (χ1v) is 8.30. The first-order valence-electron chi connectivity index (χ1n) is 7.92. The molecule has 0 aromatic heterocycles. The standard InChI is InChI=1S/C20H20ClNO/c1-2-13-22(19-12-11-15-7-3-5-9-17(15)19)20(23)14-16-8-4-6-10-18(16)21/h2-10,19H,1,11-14H2/t19-/m1/s1.